The van der Waals surface area contributed by atoms with Crippen LogP contribution in [0, 0.1) is 13.8 Å². The fourth-order valence-electron chi connectivity index (χ4n) is 1.42. The van der Waals surface area contributed by atoms with Crippen molar-refractivity contribution in [3.8, 4) is 0 Å². The zero-order chi connectivity index (χ0) is 11.5. The first-order valence-corrected chi connectivity index (χ1v) is 6.73. The van der Waals surface area contributed by atoms with Gasteiger partial charge in [0, 0.05) is 21.2 Å². The normalized spacial score (nSPS) is 10.4. The summed E-state index contributed by atoms with van der Waals surface area (Å²) in [5.41, 5.74) is 3.45. The van der Waals surface area contributed by atoms with Gasteiger partial charge in [0.15, 0.2) is 0 Å². The number of nitrogens with one attached hydrogen (secondary N) is 1. The highest BCUT2D eigenvalue weighted by Gasteiger charge is 2.01. The highest BCUT2D eigenvalue weighted by atomic mass is 79.9. The van der Waals surface area contributed by atoms with E-state index in [-0.39, 0.29) is 0 Å². The van der Waals surface area contributed by atoms with Gasteiger partial charge >= 0.3 is 0 Å². The summed E-state index contributed by atoms with van der Waals surface area (Å²) >= 11 is 5.24. The first kappa shape index (κ1) is 11.6. The van der Waals surface area contributed by atoms with Crippen LogP contribution in [-0.2, 0) is 6.54 Å². The topological polar surface area (TPSA) is 24.9 Å². The van der Waals surface area contributed by atoms with Crippen molar-refractivity contribution in [3.05, 3.63) is 44.3 Å². The molecule has 0 aliphatic rings. The predicted octanol–water partition coefficient (Wildman–Crippen LogP) is 4.13. The lowest BCUT2D eigenvalue weighted by molar-refractivity contribution is 1.07. The molecule has 0 amide bonds. The number of anilines is 1. The quantitative estimate of drug-likeness (QED) is 0.921. The Balaban J connectivity index is 2.04. The summed E-state index contributed by atoms with van der Waals surface area (Å²) in [5.74, 6) is 0. The zero-order valence-electron chi connectivity index (χ0n) is 9.25. The summed E-state index contributed by atoms with van der Waals surface area (Å²) in [6.45, 7) is 4.88. The zero-order valence-corrected chi connectivity index (χ0v) is 11.7. The van der Waals surface area contributed by atoms with E-state index in [4.69, 9.17) is 0 Å². The molecule has 0 unspecified atom stereocenters. The van der Waals surface area contributed by atoms with Crippen LogP contribution in [-0.4, -0.2) is 4.98 Å². The molecule has 4 heteroatoms. The fourth-order valence-corrected chi connectivity index (χ4v) is 2.76. The molecule has 16 heavy (non-hydrogen) atoms. The van der Waals surface area contributed by atoms with Crippen LogP contribution in [0.25, 0.3) is 0 Å². The lowest BCUT2D eigenvalue weighted by Crippen LogP contribution is -1.99. The van der Waals surface area contributed by atoms with Gasteiger partial charge in [0.2, 0.25) is 0 Å². The number of rotatable bonds is 3. The number of halogens is 1. The molecule has 1 aromatic carbocycles. The minimum atomic E-state index is 0.778. The summed E-state index contributed by atoms with van der Waals surface area (Å²) in [7, 11) is 0. The van der Waals surface area contributed by atoms with Crippen molar-refractivity contribution >= 4 is 33.0 Å². The Morgan fingerprint density at radius 2 is 2.19 bits per heavy atom. The SMILES string of the molecule is Cc1ccc(NCc2nc(C)cs2)c(Br)c1. The van der Waals surface area contributed by atoms with E-state index in [0.717, 1.165) is 27.4 Å². The van der Waals surface area contributed by atoms with Gasteiger partial charge in [-0.15, -0.1) is 11.3 Å². The molecule has 2 rings (SSSR count). The Bertz CT molecular complexity index is 494. The molecule has 84 valence electrons. The second-order valence-electron chi connectivity index (χ2n) is 3.72. The molecule has 1 N–H and O–H groups in total. The van der Waals surface area contributed by atoms with Gasteiger partial charge in [-0.2, -0.15) is 0 Å². The lowest BCUT2D eigenvalue weighted by atomic mass is 10.2. The van der Waals surface area contributed by atoms with E-state index in [0.29, 0.717) is 0 Å². The van der Waals surface area contributed by atoms with Crippen molar-refractivity contribution in [1.82, 2.24) is 4.98 Å². The van der Waals surface area contributed by atoms with Crippen molar-refractivity contribution in [2.24, 2.45) is 0 Å². The molecule has 2 nitrogen and oxygen atoms in total. The maximum absolute atomic E-state index is 4.41. The number of thiazole rings is 1. The van der Waals surface area contributed by atoms with E-state index in [1.165, 1.54) is 5.56 Å². The average Bonchev–Trinajstić information content (AvgIpc) is 2.63. The van der Waals surface area contributed by atoms with Crippen molar-refractivity contribution in [2.45, 2.75) is 20.4 Å². The maximum atomic E-state index is 4.41. The minimum Gasteiger partial charge on any atom is -0.378 e. The van der Waals surface area contributed by atoms with Gasteiger partial charge in [0.05, 0.1) is 6.54 Å². The molecule has 0 saturated carbocycles. The molecule has 0 radical (unpaired) electrons. The summed E-state index contributed by atoms with van der Waals surface area (Å²) < 4.78 is 1.10. The molecule has 0 spiro atoms. The summed E-state index contributed by atoms with van der Waals surface area (Å²) in [4.78, 5) is 4.41. The molecule has 2 aromatic rings. The summed E-state index contributed by atoms with van der Waals surface area (Å²) in [6.07, 6.45) is 0. The monoisotopic (exact) mass is 296 g/mol. The molecule has 0 atom stereocenters. The molecule has 0 fully saturated rings. The molecule has 1 aromatic heterocycles. The predicted molar refractivity (Wildman–Crippen MR) is 73.1 cm³/mol. The molecular weight excluding hydrogens is 284 g/mol. The molecule has 0 bridgehead atoms. The van der Waals surface area contributed by atoms with Crippen LogP contribution in [0.1, 0.15) is 16.3 Å². The van der Waals surface area contributed by atoms with Crippen LogP contribution in [0.3, 0.4) is 0 Å². The minimum absolute atomic E-state index is 0.778. The van der Waals surface area contributed by atoms with Gasteiger partial charge in [0.1, 0.15) is 5.01 Å². The second kappa shape index (κ2) is 4.97. The van der Waals surface area contributed by atoms with Gasteiger partial charge in [0.25, 0.3) is 0 Å². The van der Waals surface area contributed by atoms with Crippen molar-refractivity contribution < 1.29 is 0 Å². The number of benzene rings is 1. The molecule has 0 aliphatic heterocycles. The van der Waals surface area contributed by atoms with Crippen molar-refractivity contribution in [2.75, 3.05) is 5.32 Å². The first-order valence-electron chi connectivity index (χ1n) is 5.06. The third-order valence-corrected chi connectivity index (χ3v) is 3.84. The number of nitrogens with zero attached hydrogens (tertiary/aromatic N) is 1. The number of aryl methyl sites for hydroxylation is 2. The van der Waals surface area contributed by atoms with Crippen LogP contribution in [0.4, 0.5) is 5.69 Å². The van der Waals surface area contributed by atoms with Crippen molar-refractivity contribution in [1.29, 1.82) is 0 Å². The Morgan fingerprint density at radius 3 is 2.81 bits per heavy atom. The number of hydrogen-bond acceptors (Lipinski definition) is 3. The van der Waals surface area contributed by atoms with E-state index < -0.39 is 0 Å². The third-order valence-electron chi connectivity index (χ3n) is 2.22. The molecule has 0 aliphatic carbocycles. The van der Waals surface area contributed by atoms with Gasteiger partial charge in [-0.3, -0.25) is 0 Å². The standard InChI is InChI=1S/C12H13BrN2S/c1-8-3-4-11(10(13)5-8)14-6-12-15-9(2)7-16-12/h3-5,7,14H,6H2,1-2H3. The molecule has 0 saturated heterocycles. The van der Waals surface area contributed by atoms with Crippen molar-refractivity contribution in [3.63, 3.8) is 0 Å². The maximum Gasteiger partial charge on any atom is 0.112 e. The molecule has 1 heterocycles. The number of aromatic nitrogens is 1. The van der Waals surface area contributed by atoms with Gasteiger partial charge in [-0.25, -0.2) is 4.98 Å². The van der Waals surface area contributed by atoms with E-state index in [2.05, 4.69) is 56.7 Å². The smallest absolute Gasteiger partial charge is 0.112 e. The van der Waals surface area contributed by atoms with E-state index >= 15 is 0 Å². The highest BCUT2D eigenvalue weighted by molar-refractivity contribution is 9.10. The number of hydrogen-bond donors (Lipinski definition) is 1. The van der Waals surface area contributed by atoms with E-state index in [1.807, 2.05) is 6.92 Å². The first-order chi connectivity index (χ1) is 7.65. The van der Waals surface area contributed by atoms with E-state index in [9.17, 15) is 0 Å². The van der Waals surface area contributed by atoms with E-state index in [1.54, 1.807) is 11.3 Å². The third kappa shape index (κ3) is 2.83. The van der Waals surface area contributed by atoms with Gasteiger partial charge in [-0.1, -0.05) is 6.07 Å². The Hall–Kier alpha value is -0.870. The molecular formula is C12H13BrN2S. The van der Waals surface area contributed by atoms with Crippen LogP contribution in [0.5, 0.6) is 0 Å². The Kier molecular flexibility index (Phi) is 3.61. The fraction of sp³-hybridized carbons (Fsp3) is 0.250. The largest absolute Gasteiger partial charge is 0.378 e. The van der Waals surface area contributed by atoms with Crippen LogP contribution < -0.4 is 5.32 Å². The second-order valence-corrected chi connectivity index (χ2v) is 5.52. The average molecular weight is 297 g/mol. The van der Waals surface area contributed by atoms with Crippen LogP contribution in [0.15, 0.2) is 28.1 Å². The van der Waals surface area contributed by atoms with Gasteiger partial charge in [-0.05, 0) is 47.5 Å². The Labute approximate surface area is 108 Å². The van der Waals surface area contributed by atoms with Crippen LogP contribution in [0.2, 0.25) is 0 Å². The summed E-state index contributed by atoms with van der Waals surface area (Å²) in [6, 6.07) is 6.29. The van der Waals surface area contributed by atoms with Gasteiger partial charge < -0.3 is 5.32 Å². The lowest BCUT2D eigenvalue weighted by Gasteiger charge is -2.07. The Morgan fingerprint density at radius 1 is 1.38 bits per heavy atom. The van der Waals surface area contributed by atoms with Crippen LogP contribution >= 0.6 is 27.3 Å². The highest BCUT2D eigenvalue weighted by Crippen LogP contribution is 2.24. The summed E-state index contributed by atoms with van der Waals surface area (Å²) in [5, 5.41) is 6.56.